The first-order chi connectivity index (χ1) is 10.6. The van der Waals surface area contributed by atoms with E-state index in [1.54, 1.807) is 18.2 Å². The summed E-state index contributed by atoms with van der Waals surface area (Å²) in [6.45, 7) is 2.00. The fraction of sp³-hybridized carbons (Fsp3) is 0.375. The molecule has 1 aromatic carbocycles. The van der Waals surface area contributed by atoms with Gasteiger partial charge in [0.2, 0.25) is 12.7 Å². The lowest BCUT2D eigenvalue weighted by molar-refractivity contribution is -0.313. The van der Waals surface area contributed by atoms with Crippen LogP contribution in [0.2, 0.25) is 0 Å². The number of aliphatic carboxylic acids is 1. The Kier molecular flexibility index (Phi) is 3.75. The molecule has 116 valence electrons. The number of hydrogen-bond donors (Lipinski definition) is 1. The molecule has 1 aliphatic carbocycles. The van der Waals surface area contributed by atoms with Crippen molar-refractivity contribution in [3.63, 3.8) is 0 Å². The molecule has 1 N–H and O–H groups in total. The number of nitrogens with one attached hydrogen (secondary N) is 1. The van der Waals surface area contributed by atoms with Gasteiger partial charge in [0.25, 0.3) is 0 Å². The maximum atomic E-state index is 12.4. The molecule has 0 aromatic heterocycles. The van der Waals surface area contributed by atoms with Crippen LogP contribution in [0.3, 0.4) is 0 Å². The standard InChI is InChI=1S/C16H17NO5/c1-9-6-13-14(22-8-21-13)7-12(9)17-15(18)10-4-2-3-5-11(10)16(19)20/h2-3,6-7,10-11H,4-5,8H2,1H3,(H,17,18)(H,19,20)/p-1/t10-,11-/m0/s1. The number of benzene rings is 1. The Morgan fingerprint density at radius 1 is 1.14 bits per heavy atom. The van der Waals surface area contributed by atoms with Crippen LogP contribution in [-0.2, 0) is 9.59 Å². The molecule has 2 atom stereocenters. The van der Waals surface area contributed by atoms with Gasteiger partial charge in [-0.15, -0.1) is 0 Å². The van der Waals surface area contributed by atoms with E-state index in [1.807, 2.05) is 13.0 Å². The van der Waals surface area contributed by atoms with Crippen molar-refractivity contribution < 1.29 is 24.2 Å². The molecule has 22 heavy (non-hydrogen) atoms. The van der Waals surface area contributed by atoms with E-state index >= 15 is 0 Å². The smallest absolute Gasteiger partial charge is 0.231 e. The lowest BCUT2D eigenvalue weighted by atomic mass is 9.82. The molecule has 1 amide bonds. The molecule has 1 aliphatic heterocycles. The third-order valence-corrected chi connectivity index (χ3v) is 4.05. The summed E-state index contributed by atoms with van der Waals surface area (Å²) >= 11 is 0. The highest BCUT2D eigenvalue weighted by atomic mass is 16.7. The van der Waals surface area contributed by atoms with E-state index in [-0.39, 0.29) is 12.7 Å². The number of hydrogen-bond acceptors (Lipinski definition) is 5. The van der Waals surface area contributed by atoms with Crippen molar-refractivity contribution in [3.05, 3.63) is 29.8 Å². The van der Waals surface area contributed by atoms with Gasteiger partial charge in [0.1, 0.15) is 0 Å². The second kappa shape index (κ2) is 5.71. The summed E-state index contributed by atoms with van der Waals surface area (Å²) in [5.41, 5.74) is 1.43. The zero-order valence-electron chi connectivity index (χ0n) is 12.1. The second-order valence-corrected chi connectivity index (χ2v) is 5.48. The molecular weight excluding hydrogens is 286 g/mol. The van der Waals surface area contributed by atoms with Crippen LogP contribution in [0.4, 0.5) is 5.69 Å². The first kappa shape index (κ1) is 14.4. The molecule has 0 unspecified atom stereocenters. The van der Waals surface area contributed by atoms with Crippen molar-refractivity contribution >= 4 is 17.6 Å². The van der Waals surface area contributed by atoms with E-state index in [0.717, 1.165) is 5.56 Å². The van der Waals surface area contributed by atoms with E-state index in [2.05, 4.69) is 5.32 Å². The highest BCUT2D eigenvalue weighted by molar-refractivity contribution is 5.96. The molecule has 0 saturated heterocycles. The SMILES string of the molecule is Cc1cc2c(cc1NC(=O)[C@H]1CC=CC[C@@H]1C(=O)[O-])OCO2. The van der Waals surface area contributed by atoms with Gasteiger partial charge in [-0.05, 0) is 31.4 Å². The van der Waals surface area contributed by atoms with E-state index in [4.69, 9.17) is 9.47 Å². The van der Waals surface area contributed by atoms with Gasteiger partial charge in [-0.3, -0.25) is 4.79 Å². The van der Waals surface area contributed by atoms with Crippen LogP contribution in [0.25, 0.3) is 0 Å². The minimum Gasteiger partial charge on any atom is -0.550 e. The number of aryl methyl sites for hydroxylation is 1. The fourth-order valence-corrected chi connectivity index (χ4v) is 2.77. The average molecular weight is 302 g/mol. The normalized spacial score (nSPS) is 22.4. The Morgan fingerprint density at radius 2 is 1.77 bits per heavy atom. The van der Waals surface area contributed by atoms with Gasteiger partial charge in [-0.1, -0.05) is 12.2 Å². The van der Waals surface area contributed by atoms with Crippen LogP contribution >= 0.6 is 0 Å². The maximum Gasteiger partial charge on any atom is 0.231 e. The van der Waals surface area contributed by atoms with E-state index in [9.17, 15) is 14.7 Å². The summed E-state index contributed by atoms with van der Waals surface area (Å²) in [6.07, 6.45) is 4.32. The summed E-state index contributed by atoms with van der Waals surface area (Å²) < 4.78 is 10.6. The third-order valence-electron chi connectivity index (χ3n) is 4.05. The highest BCUT2D eigenvalue weighted by Crippen LogP contribution is 2.37. The zero-order chi connectivity index (χ0) is 15.7. The van der Waals surface area contributed by atoms with Crippen LogP contribution in [0.15, 0.2) is 24.3 Å². The van der Waals surface area contributed by atoms with Crippen molar-refractivity contribution in [3.8, 4) is 11.5 Å². The summed E-state index contributed by atoms with van der Waals surface area (Å²) in [5.74, 6) is -1.71. The molecule has 2 aliphatic rings. The largest absolute Gasteiger partial charge is 0.550 e. The van der Waals surface area contributed by atoms with Gasteiger partial charge in [-0.25, -0.2) is 0 Å². The number of carbonyl (C=O) groups excluding carboxylic acids is 2. The van der Waals surface area contributed by atoms with Crippen molar-refractivity contribution in [1.29, 1.82) is 0 Å². The number of carboxylic acids is 1. The van der Waals surface area contributed by atoms with E-state index < -0.39 is 17.8 Å². The molecule has 0 bridgehead atoms. The van der Waals surface area contributed by atoms with Gasteiger partial charge in [0, 0.05) is 23.6 Å². The number of carboxylic acid groups (broad SMARTS) is 1. The van der Waals surface area contributed by atoms with Gasteiger partial charge >= 0.3 is 0 Å². The molecule has 6 nitrogen and oxygen atoms in total. The second-order valence-electron chi connectivity index (χ2n) is 5.48. The fourth-order valence-electron chi connectivity index (χ4n) is 2.77. The van der Waals surface area contributed by atoms with Crippen LogP contribution in [0, 0.1) is 18.8 Å². The number of carbonyl (C=O) groups is 2. The first-order valence-electron chi connectivity index (χ1n) is 7.13. The van der Waals surface area contributed by atoms with Crippen LogP contribution in [-0.4, -0.2) is 18.7 Å². The number of ether oxygens (including phenoxy) is 2. The molecule has 0 saturated carbocycles. The molecule has 0 spiro atoms. The summed E-state index contributed by atoms with van der Waals surface area (Å²) in [4.78, 5) is 23.6. The highest BCUT2D eigenvalue weighted by Gasteiger charge is 2.30. The predicted octanol–water partition coefficient (Wildman–Crippen LogP) is 0.995. The molecule has 0 radical (unpaired) electrons. The average Bonchev–Trinajstić information content (AvgIpc) is 2.94. The first-order valence-corrected chi connectivity index (χ1v) is 7.13. The zero-order valence-corrected chi connectivity index (χ0v) is 12.1. The van der Waals surface area contributed by atoms with Crippen molar-refractivity contribution in [1.82, 2.24) is 0 Å². The topological polar surface area (TPSA) is 87.7 Å². The Morgan fingerprint density at radius 3 is 2.45 bits per heavy atom. The number of amides is 1. The molecule has 1 aromatic rings. The Bertz CT molecular complexity index is 652. The Hall–Kier alpha value is -2.50. The third kappa shape index (κ3) is 2.64. The lowest BCUT2D eigenvalue weighted by Gasteiger charge is -2.28. The van der Waals surface area contributed by atoms with E-state index in [0.29, 0.717) is 30.0 Å². The Labute approximate surface area is 127 Å². The number of fused-ring (bicyclic) bond motifs is 1. The Balaban J connectivity index is 1.79. The number of anilines is 1. The van der Waals surface area contributed by atoms with Crippen LogP contribution in [0.1, 0.15) is 18.4 Å². The van der Waals surface area contributed by atoms with Gasteiger partial charge in [0.15, 0.2) is 11.5 Å². The van der Waals surface area contributed by atoms with Crippen molar-refractivity contribution in [2.45, 2.75) is 19.8 Å². The van der Waals surface area contributed by atoms with Crippen molar-refractivity contribution in [2.24, 2.45) is 11.8 Å². The van der Waals surface area contributed by atoms with Crippen LogP contribution < -0.4 is 19.9 Å². The maximum absolute atomic E-state index is 12.4. The molecule has 0 fully saturated rings. The minimum atomic E-state index is -1.19. The molecule has 1 heterocycles. The molecule has 3 rings (SSSR count). The quantitative estimate of drug-likeness (QED) is 0.841. The predicted molar refractivity (Wildman–Crippen MR) is 76.3 cm³/mol. The molecular formula is C16H16NO5-. The van der Waals surface area contributed by atoms with Gasteiger partial charge in [-0.2, -0.15) is 0 Å². The molecule has 6 heteroatoms. The van der Waals surface area contributed by atoms with Crippen molar-refractivity contribution in [2.75, 3.05) is 12.1 Å². The summed E-state index contributed by atoms with van der Waals surface area (Å²) in [7, 11) is 0. The van der Waals surface area contributed by atoms with Gasteiger partial charge < -0.3 is 24.7 Å². The minimum absolute atomic E-state index is 0.159. The number of rotatable bonds is 3. The van der Waals surface area contributed by atoms with Crippen LogP contribution in [0.5, 0.6) is 11.5 Å². The summed E-state index contributed by atoms with van der Waals surface area (Å²) in [5, 5.41) is 14.0. The van der Waals surface area contributed by atoms with E-state index in [1.165, 1.54) is 0 Å². The van der Waals surface area contributed by atoms with Gasteiger partial charge in [0.05, 0.1) is 5.92 Å². The monoisotopic (exact) mass is 302 g/mol. The number of allylic oxidation sites excluding steroid dienone is 2. The summed E-state index contributed by atoms with van der Waals surface area (Å²) in [6, 6.07) is 3.48. The lowest BCUT2D eigenvalue weighted by Crippen LogP contribution is -2.41.